The predicted molar refractivity (Wildman–Crippen MR) is 75.8 cm³/mol. The Morgan fingerprint density at radius 2 is 2.00 bits per heavy atom. The van der Waals surface area contributed by atoms with Gasteiger partial charge in [-0.05, 0) is 24.1 Å². The molecule has 0 saturated carbocycles. The van der Waals surface area contributed by atoms with Crippen LogP contribution in [0.5, 0.6) is 0 Å². The minimum absolute atomic E-state index is 0.260. The number of epoxide rings is 1. The summed E-state index contributed by atoms with van der Waals surface area (Å²) in [6.07, 6.45) is 3.70. The van der Waals surface area contributed by atoms with Gasteiger partial charge in [-0.15, -0.1) is 6.58 Å². The second-order valence-electron chi connectivity index (χ2n) is 6.70. The number of hydrogen-bond acceptors (Lipinski definition) is 2. The van der Waals surface area contributed by atoms with E-state index in [-0.39, 0.29) is 11.1 Å². The first kappa shape index (κ1) is 14.9. The third kappa shape index (κ3) is 4.23. The molecule has 0 aromatic heterocycles. The molecule has 1 saturated heterocycles. The summed E-state index contributed by atoms with van der Waals surface area (Å²) in [5.41, 5.74) is 0. The molecule has 0 aromatic carbocycles. The average Bonchev–Trinajstić information content (AvgIpc) is 2.97. The van der Waals surface area contributed by atoms with E-state index in [0.717, 1.165) is 13.0 Å². The third-order valence-electron chi connectivity index (χ3n) is 4.11. The molecule has 2 nitrogen and oxygen atoms in total. The highest BCUT2D eigenvalue weighted by molar-refractivity contribution is 6.74. The van der Waals surface area contributed by atoms with Crippen molar-refractivity contribution in [1.82, 2.24) is 0 Å². The smallest absolute Gasteiger partial charge is 0.192 e. The van der Waals surface area contributed by atoms with Crippen molar-refractivity contribution in [2.24, 2.45) is 5.92 Å². The summed E-state index contributed by atoms with van der Waals surface area (Å²) < 4.78 is 11.8. The van der Waals surface area contributed by atoms with Crippen LogP contribution in [-0.4, -0.2) is 27.1 Å². The number of ether oxygens (including phenoxy) is 1. The fourth-order valence-corrected chi connectivity index (χ4v) is 2.96. The Morgan fingerprint density at radius 3 is 2.35 bits per heavy atom. The highest BCUT2D eigenvalue weighted by Gasteiger charge is 2.41. The van der Waals surface area contributed by atoms with Gasteiger partial charge in [0.05, 0.1) is 18.8 Å². The van der Waals surface area contributed by atoms with E-state index < -0.39 is 8.32 Å². The molecule has 1 rings (SSSR count). The molecule has 0 spiro atoms. The molecule has 0 radical (unpaired) electrons. The van der Waals surface area contributed by atoms with Crippen molar-refractivity contribution in [3.8, 4) is 0 Å². The van der Waals surface area contributed by atoms with Crippen molar-refractivity contribution < 1.29 is 9.16 Å². The van der Waals surface area contributed by atoms with Gasteiger partial charge >= 0.3 is 0 Å². The summed E-state index contributed by atoms with van der Waals surface area (Å²) in [5, 5.41) is 0.260. The van der Waals surface area contributed by atoms with Gasteiger partial charge in [0.25, 0.3) is 0 Å². The van der Waals surface area contributed by atoms with Gasteiger partial charge in [0.1, 0.15) is 0 Å². The van der Waals surface area contributed by atoms with Crippen molar-refractivity contribution in [1.29, 1.82) is 0 Å². The van der Waals surface area contributed by atoms with Crippen molar-refractivity contribution in [2.45, 2.75) is 64.5 Å². The topological polar surface area (TPSA) is 21.8 Å². The van der Waals surface area contributed by atoms with Gasteiger partial charge in [-0.1, -0.05) is 33.8 Å². The first-order valence-electron chi connectivity index (χ1n) is 6.59. The van der Waals surface area contributed by atoms with Gasteiger partial charge in [-0.25, -0.2) is 0 Å². The first-order chi connectivity index (χ1) is 7.67. The van der Waals surface area contributed by atoms with Gasteiger partial charge in [-0.2, -0.15) is 0 Å². The quantitative estimate of drug-likeness (QED) is 0.407. The van der Waals surface area contributed by atoms with Gasteiger partial charge in [0, 0.05) is 6.42 Å². The molecule has 1 aliphatic heterocycles. The lowest BCUT2D eigenvalue weighted by Gasteiger charge is -2.40. The van der Waals surface area contributed by atoms with Gasteiger partial charge in [0.15, 0.2) is 8.32 Å². The minimum atomic E-state index is -1.69. The molecule has 0 aliphatic carbocycles. The highest BCUT2D eigenvalue weighted by Crippen LogP contribution is 2.39. The largest absolute Gasteiger partial charge is 0.413 e. The normalized spacial score (nSPS) is 24.2. The van der Waals surface area contributed by atoms with E-state index in [0.29, 0.717) is 12.0 Å². The fourth-order valence-electron chi connectivity index (χ4n) is 1.54. The Balaban J connectivity index is 2.67. The lowest BCUT2D eigenvalue weighted by atomic mass is 10.0. The van der Waals surface area contributed by atoms with Crippen LogP contribution in [0.3, 0.4) is 0 Å². The van der Waals surface area contributed by atoms with Gasteiger partial charge in [-0.3, -0.25) is 0 Å². The first-order valence-corrected chi connectivity index (χ1v) is 9.50. The maximum absolute atomic E-state index is 6.49. The Morgan fingerprint density at radius 1 is 1.47 bits per heavy atom. The maximum atomic E-state index is 6.49. The van der Waals surface area contributed by atoms with Crippen molar-refractivity contribution in [2.75, 3.05) is 6.61 Å². The highest BCUT2D eigenvalue weighted by atomic mass is 28.4. The fraction of sp³-hybridized carbons (Fsp3) is 0.857. The lowest BCUT2D eigenvalue weighted by molar-refractivity contribution is 0.126. The summed E-state index contributed by atoms with van der Waals surface area (Å²) in [6, 6.07) is 0. The third-order valence-corrected chi connectivity index (χ3v) is 8.61. The molecule has 0 aromatic rings. The van der Waals surface area contributed by atoms with Crippen LogP contribution in [0.15, 0.2) is 12.7 Å². The zero-order valence-electron chi connectivity index (χ0n) is 12.2. The van der Waals surface area contributed by atoms with Crippen molar-refractivity contribution in [3.05, 3.63) is 12.7 Å². The van der Waals surface area contributed by atoms with E-state index in [4.69, 9.17) is 9.16 Å². The zero-order valence-corrected chi connectivity index (χ0v) is 13.2. The van der Waals surface area contributed by atoms with E-state index in [1.807, 2.05) is 6.08 Å². The zero-order chi connectivity index (χ0) is 13.3. The standard InChI is InChI=1S/C14H28O2Si/c1-8-11(2)13(9-12-10-15-12)16-17(6,7)14(3,4)5/h8,11-13H,1,9-10H2,2-7H3/t11-,12-,13-/m0/s1. The Kier molecular flexibility index (Phi) is 4.61. The van der Waals surface area contributed by atoms with Gasteiger partial charge < -0.3 is 9.16 Å². The molecule has 100 valence electrons. The molecular formula is C14H28O2Si. The second-order valence-corrected chi connectivity index (χ2v) is 11.5. The molecule has 0 amide bonds. The molecule has 0 unspecified atom stereocenters. The Labute approximate surface area is 108 Å². The molecule has 1 heterocycles. The molecule has 1 aliphatic rings. The van der Waals surface area contributed by atoms with Crippen LogP contribution in [0, 0.1) is 5.92 Å². The monoisotopic (exact) mass is 256 g/mol. The average molecular weight is 256 g/mol. The molecule has 0 N–H and O–H groups in total. The summed E-state index contributed by atoms with van der Waals surface area (Å²) in [7, 11) is -1.69. The summed E-state index contributed by atoms with van der Waals surface area (Å²) in [4.78, 5) is 0. The SMILES string of the molecule is C=C[C@H](C)[C@H](C[C@H]1CO1)O[Si](C)(C)C(C)(C)C. The van der Waals surface area contributed by atoms with E-state index >= 15 is 0 Å². The summed E-state index contributed by atoms with van der Waals surface area (Å²) in [6.45, 7) is 18.4. The van der Waals surface area contributed by atoms with Gasteiger partial charge in [0.2, 0.25) is 0 Å². The maximum Gasteiger partial charge on any atom is 0.192 e. The second kappa shape index (κ2) is 5.25. The predicted octanol–water partition coefficient (Wildman–Crippen LogP) is 3.99. The van der Waals surface area contributed by atoms with Crippen LogP contribution in [-0.2, 0) is 9.16 Å². The van der Waals surface area contributed by atoms with Crippen molar-refractivity contribution in [3.63, 3.8) is 0 Å². The van der Waals surface area contributed by atoms with Crippen molar-refractivity contribution >= 4 is 8.32 Å². The van der Waals surface area contributed by atoms with E-state index in [9.17, 15) is 0 Å². The summed E-state index contributed by atoms with van der Waals surface area (Å²) in [5.74, 6) is 0.397. The molecule has 1 fully saturated rings. The summed E-state index contributed by atoms with van der Waals surface area (Å²) >= 11 is 0. The lowest BCUT2D eigenvalue weighted by Crippen LogP contribution is -2.45. The molecule has 3 atom stereocenters. The van der Waals surface area contributed by atoms with Crippen LogP contribution in [0.4, 0.5) is 0 Å². The number of hydrogen-bond donors (Lipinski definition) is 0. The van der Waals surface area contributed by atoms with Crippen LogP contribution >= 0.6 is 0 Å². The minimum Gasteiger partial charge on any atom is -0.413 e. The van der Waals surface area contributed by atoms with E-state index in [1.165, 1.54) is 0 Å². The van der Waals surface area contributed by atoms with E-state index in [1.54, 1.807) is 0 Å². The Bertz CT molecular complexity index is 264. The van der Waals surface area contributed by atoms with Crippen LogP contribution in [0.2, 0.25) is 18.1 Å². The molecular weight excluding hydrogens is 228 g/mol. The Hall–Kier alpha value is -0.123. The molecule has 17 heavy (non-hydrogen) atoms. The molecule has 0 bridgehead atoms. The molecule has 3 heteroatoms. The number of rotatable bonds is 6. The van der Waals surface area contributed by atoms with Crippen LogP contribution in [0.1, 0.15) is 34.1 Å². The van der Waals surface area contributed by atoms with Crippen LogP contribution < -0.4 is 0 Å². The van der Waals surface area contributed by atoms with Crippen LogP contribution in [0.25, 0.3) is 0 Å². The van der Waals surface area contributed by atoms with E-state index in [2.05, 4.69) is 47.4 Å².